The smallest absolute Gasteiger partial charge is 0.139 e. The van der Waals surface area contributed by atoms with Crippen LogP contribution >= 0.6 is 23.2 Å². The van der Waals surface area contributed by atoms with Crippen molar-refractivity contribution in [2.45, 2.75) is 58.0 Å². The summed E-state index contributed by atoms with van der Waals surface area (Å²) in [6.07, 6.45) is 7.00. The number of aliphatic hydroxyl groups excluding tert-OH is 1. The molecule has 1 fully saturated rings. The average molecular weight is 372 g/mol. The van der Waals surface area contributed by atoms with Crippen LogP contribution in [0.25, 0.3) is 0 Å². The van der Waals surface area contributed by atoms with Crippen molar-refractivity contribution in [1.29, 1.82) is 0 Å². The zero-order chi connectivity index (χ0) is 17.3. The molecule has 0 aliphatic heterocycles. The summed E-state index contributed by atoms with van der Waals surface area (Å²) in [4.78, 5) is 0. The number of unbranched alkanes of at least 4 members (excludes halogenated alkanes) is 1. The Hall–Kier alpha value is -0.480. The molecule has 0 amide bonds. The molecule has 0 radical (unpaired) electrons. The maximum absolute atomic E-state index is 11.0. The Balaban J connectivity index is 1.85. The van der Waals surface area contributed by atoms with Gasteiger partial charge in [-0.1, -0.05) is 43.0 Å². The number of benzene rings is 1. The molecule has 3 rings (SSSR count). The van der Waals surface area contributed by atoms with E-state index in [1.807, 2.05) is 6.07 Å². The molecule has 0 aromatic heterocycles. The summed E-state index contributed by atoms with van der Waals surface area (Å²) in [5.74, 6) is 1.17. The van der Waals surface area contributed by atoms with Crippen molar-refractivity contribution in [3.8, 4) is 5.75 Å². The van der Waals surface area contributed by atoms with Crippen molar-refractivity contribution < 1.29 is 9.84 Å². The van der Waals surface area contributed by atoms with Gasteiger partial charge in [-0.2, -0.15) is 0 Å². The van der Waals surface area contributed by atoms with Gasteiger partial charge >= 0.3 is 0 Å². The number of fused-ring (bicyclic) bond motifs is 1. The van der Waals surface area contributed by atoms with Crippen LogP contribution in [0, 0.1) is 11.3 Å². The molecular formula is C19H27Cl2NO2. The number of hydrogen-bond donors (Lipinski definition) is 2. The summed E-state index contributed by atoms with van der Waals surface area (Å²) in [6.45, 7) is 3.43. The summed E-state index contributed by atoms with van der Waals surface area (Å²) in [7, 11) is 0. The lowest BCUT2D eigenvalue weighted by molar-refractivity contribution is 0.00786. The summed E-state index contributed by atoms with van der Waals surface area (Å²) in [5, 5.41) is 11.9. The predicted octanol–water partition coefficient (Wildman–Crippen LogP) is 4.90. The Kier molecular flexibility index (Phi) is 5.65. The number of halogens is 2. The summed E-state index contributed by atoms with van der Waals surface area (Å²) in [6, 6.07) is 1.98. The van der Waals surface area contributed by atoms with Crippen LogP contribution in [0.2, 0.25) is 10.0 Å². The fourth-order valence-corrected chi connectivity index (χ4v) is 4.96. The predicted molar refractivity (Wildman–Crippen MR) is 99.0 cm³/mol. The Morgan fingerprint density at radius 2 is 1.96 bits per heavy atom. The van der Waals surface area contributed by atoms with Gasteiger partial charge in [0.25, 0.3) is 0 Å². The monoisotopic (exact) mass is 371 g/mol. The number of nitrogens with two attached hydrogens (primary N) is 1. The van der Waals surface area contributed by atoms with Crippen LogP contribution in [0.3, 0.4) is 0 Å². The van der Waals surface area contributed by atoms with Crippen LogP contribution in [-0.4, -0.2) is 18.3 Å². The third kappa shape index (κ3) is 3.16. The third-order valence-electron chi connectivity index (χ3n) is 5.91. The van der Waals surface area contributed by atoms with Gasteiger partial charge in [-0.3, -0.25) is 0 Å². The van der Waals surface area contributed by atoms with E-state index in [1.54, 1.807) is 0 Å². The van der Waals surface area contributed by atoms with Crippen molar-refractivity contribution in [3.63, 3.8) is 0 Å². The number of aliphatic hydroxyl groups is 1. The van der Waals surface area contributed by atoms with E-state index in [2.05, 4.69) is 6.92 Å². The maximum Gasteiger partial charge on any atom is 0.139 e. The fourth-order valence-electron chi connectivity index (χ4n) is 4.43. The first-order chi connectivity index (χ1) is 11.5. The highest BCUT2D eigenvalue weighted by Crippen LogP contribution is 2.57. The molecule has 3 N–H and O–H groups in total. The van der Waals surface area contributed by atoms with Gasteiger partial charge in [-0.25, -0.2) is 0 Å². The van der Waals surface area contributed by atoms with Gasteiger partial charge in [-0.05, 0) is 56.2 Å². The van der Waals surface area contributed by atoms with Gasteiger partial charge in [0.15, 0.2) is 0 Å². The highest BCUT2D eigenvalue weighted by Gasteiger charge is 2.49. The molecule has 2 aliphatic carbocycles. The maximum atomic E-state index is 11.0. The van der Waals surface area contributed by atoms with Crippen molar-refractivity contribution in [2.24, 2.45) is 17.1 Å². The molecule has 24 heavy (non-hydrogen) atoms. The van der Waals surface area contributed by atoms with Crippen molar-refractivity contribution in [2.75, 3.05) is 13.2 Å². The molecule has 5 heteroatoms. The second-order valence-corrected chi connectivity index (χ2v) is 8.24. The van der Waals surface area contributed by atoms with E-state index in [-0.39, 0.29) is 5.41 Å². The topological polar surface area (TPSA) is 55.5 Å². The minimum absolute atomic E-state index is 0.149. The number of ether oxygens (including phenoxy) is 1. The summed E-state index contributed by atoms with van der Waals surface area (Å²) >= 11 is 12.9. The first-order valence-electron chi connectivity index (χ1n) is 9.00. The quantitative estimate of drug-likeness (QED) is 0.699. The van der Waals surface area contributed by atoms with Crippen LogP contribution in [0.5, 0.6) is 5.75 Å². The van der Waals surface area contributed by atoms with Crippen molar-refractivity contribution >= 4 is 23.2 Å². The lowest BCUT2D eigenvalue weighted by Gasteiger charge is -2.35. The minimum atomic E-state index is -0.549. The van der Waals surface area contributed by atoms with Crippen molar-refractivity contribution in [3.05, 3.63) is 27.2 Å². The molecule has 0 spiro atoms. The highest BCUT2D eigenvalue weighted by atomic mass is 35.5. The molecule has 0 saturated heterocycles. The lowest BCUT2D eigenvalue weighted by Crippen LogP contribution is -2.30. The molecule has 1 aromatic carbocycles. The largest absolute Gasteiger partial charge is 0.492 e. The standard InChI is InChI=1S/C19H27Cl2NO2/c1-19(13-6-2-3-7-13)11-12-10-14(24-9-5-4-8-22)16(20)17(21)15(12)18(19)23/h10,13,18,23H,2-9,11,22H2,1H3. The van der Waals surface area contributed by atoms with E-state index in [9.17, 15) is 5.11 Å². The molecular weight excluding hydrogens is 345 g/mol. The molecule has 1 saturated carbocycles. The van der Waals surface area contributed by atoms with Gasteiger partial charge in [0, 0.05) is 11.0 Å². The van der Waals surface area contributed by atoms with Crippen LogP contribution in [0.4, 0.5) is 0 Å². The number of hydrogen-bond acceptors (Lipinski definition) is 3. The van der Waals surface area contributed by atoms with E-state index in [0.29, 0.717) is 34.9 Å². The zero-order valence-electron chi connectivity index (χ0n) is 14.3. The van der Waals surface area contributed by atoms with Gasteiger partial charge in [0.2, 0.25) is 0 Å². The highest BCUT2D eigenvalue weighted by molar-refractivity contribution is 6.43. The van der Waals surface area contributed by atoms with Gasteiger partial charge in [-0.15, -0.1) is 0 Å². The van der Waals surface area contributed by atoms with E-state index in [4.69, 9.17) is 33.7 Å². The van der Waals surface area contributed by atoms with Crippen LogP contribution < -0.4 is 10.5 Å². The Labute approximate surface area is 154 Å². The summed E-state index contributed by atoms with van der Waals surface area (Å²) in [5.41, 5.74) is 7.26. The zero-order valence-corrected chi connectivity index (χ0v) is 15.8. The Morgan fingerprint density at radius 1 is 1.25 bits per heavy atom. The SMILES string of the molecule is CC1(C2CCCC2)Cc2cc(OCCCCN)c(Cl)c(Cl)c2C1O. The van der Waals surface area contributed by atoms with Crippen molar-refractivity contribution in [1.82, 2.24) is 0 Å². The van der Waals surface area contributed by atoms with E-state index in [1.165, 1.54) is 25.7 Å². The van der Waals surface area contributed by atoms with Crippen LogP contribution in [-0.2, 0) is 6.42 Å². The summed E-state index contributed by atoms with van der Waals surface area (Å²) < 4.78 is 5.82. The number of rotatable bonds is 6. The van der Waals surface area contributed by atoms with Crippen LogP contribution in [0.1, 0.15) is 62.7 Å². The second-order valence-electron chi connectivity index (χ2n) is 7.49. The second kappa shape index (κ2) is 7.41. The Bertz CT molecular complexity index is 602. The molecule has 3 nitrogen and oxygen atoms in total. The molecule has 2 aliphatic rings. The molecule has 0 heterocycles. The van der Waals surface area contributed by atoms with E-state index < -0.39 is 6.10 Å². The first kappa shape index (κ1) is 18.3. The molecule has 1 aromatic rings. The third-order valence-corrected chi connectivity index (χ3v) is 6.77. The molecule has 134 valence electrons. The normalized spacial score (nSPS) is 26.8. The molecule has 2 unspecified atom stereocenters. The van der Waals surface area contributed by atoms with E-state index in [0.717, 1.165) is 30.4 Å². The minimum Gasteiger partial charge on any atom is -0.492 e. The van der Waals surface area contributed by atoms with Gasteiger partial charge in [0.1, 0.15) is 10.8 Å². The average Bonchev–Trinajstić information content (AvgIpc) is 3.17. The first-order valence-corrected chi connectivity index (χ1v) is 9.76. The lowest BCUT2D eigenvalue weighted by atomic mass is 9.72. The molecule has 2 atom stereocenters. The van der Waals surface area contributed by atoms with Gasteiger partial charge in [0.05, 0.1) is 17.7 Å². The fraction of sp³-hybridized carbons (Fsp3) is 0.684. The molecule has 0 bridgehead atoms. The van der Waals surface area contributed by atoms with E-state index >= 15 is 0 Å². The van der Waals surface area contributed by atoms with Gasteiger partial charge < -0.3 is 15.6 Å². The Morgan fingerprint density at radius 3 is 2.62 bits per heavy atom. The van der Waals surface area contributed by atoms with Crippen LogP contribution in [0.15, 0.2) is 6.07 Å².